The van der Waals surface area contributed by atoms with E-state index >= 15 is 0 Å². The highest BCUT2D eigenvalue weighted by Gasteiger charge is 2.33. The Bertz CT molecular complexity index is 1530. The second-order valence-electron chi connectivity index (χ2n) is 12.1. The van der Waals surface area contributed by atoms with E-state index in [2.05, 4.69) is 20.6 Å². The van der Waals surface area contributed by atoms with Crippen LogP contribution in [0.5, 0.6) is 5.75 Å². The number of rotatable bonds is 7. The van der Waals surface area contributed by atoms with Crippen molar-refractivity contribution in [3.8, 4) is 5.75 Å². The third kappa shape index (κ3) is 7.89. The molecule has 44 heavy (non-hydrogen) atoms. The number of hydrogen-bond acceptors (Lipinski definition) is 8. The van der Waals surface area contributed by atoms with Gasteiger partial charge in [-0.05, 0) is 102 Å². The van der Waals surface area contributed by atoms with Crippen molar-refractivity contribution in [2.45, 2.75) is 84.0 Å². The zero-order valence-electron chi connectivity index (χ0n) is 26.0. The zero-order chi connectivity index (χ0) is 32.4. The Morgan fingerprint density at radius 2 is 1.66 bits per heavy atom. The van der Waals surface area contributed by atoms with Crippen molar-refractivity contribution in [1.29, 1.82) is 0 Å². The first kappa shape index (κ1) is 32.8. The molecule has 2 aromatic carbocycles. The molecule has 1 saturated carbocycles. The van der Waals surface area contributed by atoms with E-state index in [0.717, 1.165) is 30.5 Å². The van der Waals surface area contributed by atoms with Crippen LogP contribution in [-0.2, 0) is 20.4 Å². The van der Waals surface area contributed by atoms with E-state index in [4.69, 9.17) is 14.2 Å². The van der Waals surface area contributed by atoms with Crippen LogP contribution >= 0.6 is 0 Å². The lowest BCUT2D eigenvalue weighted by Crippen LogP contribution is -2.27. The molecule has 0 spiro atoms. The maximum absolute atomic E-state index is 13.9. The van der Waals surface area contributed by atoms with Crippen LogP contribution < -0.4 is 15.4 Å². The molecule has 1 aliphatic carbocycles. The van der Waals surface area contributed by atoms with Gasteiger partial charge in [-0.15, -0.1) is 0 Å². The number of ether oxygens (including phenoxy) is 3. The first-order valence-electron chi connectivity index (χ1n) is 14.5. The number of carbonyl (C=O) groups is 2. The third-order valence-electron chi connectivity index (χ3n) is 7.64. The predicted octanol–water partition coefficient (Wildman–Crippen LogP) is 7.93. The minimum absolute atomic E-state index is 0.0453. The summed E-state index contributed by atoms with van der Waals surface area (Å²) in [5, 5.41) is 6.38. The van der Waals surface area contributed by atoms with Gasteiger partial charge in [0.2, 0.25) is 0 Å². The fourth-order valence-corrected chi connectivity index (χ4v) is 5.55. The van der Waals surface area contributed by atoms with Crippen molar-refractivity contribution < 1.29 is 37.0 Å². The number of nitrogens with one attached hydrogen (secondary N) is 2. The molecule has 4 rings (SSSR count). The molecule has 0 radical (unpaired) electrons. The number of amides is 1. The van der Waals surface area contributed by atoms with Crippen molar-refractivity contribution in [2.75, 3.05) is 24.9 Å². The van der Waals surface area contributed by atoms with Crippen molar-refractivity contribution in [3.05, 3.63) is 52.8 Å². The molecule has 238 valence electrons. The van der Waals surface area contributed by atoms with Crippen LogP contribution in [0.15, 0.2) is 30.3 Å². The average molecular weight is 617 g/mol. The number of benzene rings is 2. The number of fused-ring (bicyclic) bond motifs is 1. The molecule has 1 aliphatic rings. The lowest BCUT2D eigenvalue weighted by Gasteiger charge is -2.28. The van der Waals surface area contributed by atoms with E-state index in [-0.39, 0.29) is 29.1 Å². The van der Waals surface area contributed by atoms with Crippen LogP contribution in [-0.4, -0.2) is 41.9 Å². The van der Waals surface area contributed by atoms with Gasteiger partial charge in [0.15, 0.2) is 0 Å². The van der Waals surface area contributed by atoms with Gasteiger partial charge in [0.25, 0.3) is 0 Å². The molecule has 2 N–H and O–H groups in total. The number of aryl methyl sites for hydroxylation is 1. The summed E-state index contributed by atoms with van der Waals surface area (Å²) in [5.74, 6) is 1.40. The monoisotopic (exact) mass is 616 g/mol. The van der Waals surface area contributed by atoms with E-state index in [1.54, 1.807) is 41.7 Å². The summed E-state index contributed by atoms with van der Waals surface area (Å²) in [6, 6.07) is 6.55. The standard InChI is InChI=1S/C32H39F3N4O5/c1-17(21-12-22(32(33,34)35)14-23(13-21)39-30(41)44-31(3,4)5)36-28-25-15-24(19-8-10-20(11-9-19)29(40)43-7)27(42-6)16-26(25)37-18(2)38-28/h12-17,19-20H,8-11H2,1-7H3,(H,39,41)(H,36,37,38)/t17-,19?,20?/m1/s1. The van der Waals surface area contributed by atoms with Crippen molar-refractivity contribution >= 4 is 34.5 Å². The first-order valence-corrected chi connectivity index (χ1v) is 14.5. The highest BCUT2D eigenvalue weighted by Crippen LogP contribution is 2.42. The number of halogens is 3. The molecule has 9 nitrogen and oxygen atoms in total. The van der Waals surface area contributed by atoms with Gasteiger partial charge in [-0.25, -0.2) is 14.8 Å². The van der Waals surface area contributed by atoms with Gasteiger partial charge >= 0.3 is 18.2 Å². The number of anilines is 2. The Morgan fingerprint density at radius 1 is 0.977 bits per heavy atom. The summed E-state index contributed by atoms with van der Waals surface area (Å²) in [6.07, 6.45) is -2.57. The quantitative estimate of drug-likeness (QED) is 0.258. The number of carbonyl (C=O) groups excluding carboxylic acids is 2. The van der Waals surface area contributed by atoms with E-state index in [1.165, 1.54) is 13.2 Å². The van der Waals surface area contributed by atoms with Crippen LogP contribution in [0.4, 0.5) is 29.5 Å². The van der Waals surface area contributed by atoms with Crippen molar-refractivity contribution in [2.24, 2.45) is 5.92 Å². The molecule has 0 bridgehead atoms. The highest BCUT2D eigenvalue weighted by molar-refractivity contribution is 5.91. The van der Waals surface area contributed by atoms with Gasteiger partial charge in [-0.3, -0.25) is 10.1 Å². The molecule has 1 fully saturated rings. The van der Waals surface area contributed by atoms with Crippen LogP contribution in [0.2, 0.25) is 0 Å². The summed E-state index contributed by atoms with van der Waals surface area (Å²) in [5.41, 5.74) is 0.0772. The van der Waals surface area contributed by atoms with Crippen LogP contribution in [0.25, 0.3) is 10.9 Å². The number of aromatic nitrogens is 2. The van der Waals surface area contributed by atoms with Gasteiger partial charge in [0.1, 0.15) is 23.0 Å². The van der Waals surface area contributed by atoms with E-state index < -0.39 is 29.5 Å². The Hall–Kier alpha value is -4.09. The number of nitrogens with zero attached hydrogens (tertiary/aromatic N) is 2. The molecule has 1 aromatic heterocycles. The Morgan fingerprint density at radius 3 is 2.25 bits per heavy atom. The predicted molar refractivity (Wildman–Crippen MR) is 161 cm³/mol. The lowest BCUT2D eigenvalue weighted by atomic mass is 9.78. The molecule has 1 heterocycles. The average Bonchev–Trinajstić information content (AvgIpc) is 2.94. The SMILES string of the molecule is COC(=O)C1CCC(c2cc3c(N[C@H](C)c4cc(NC(=O)OC(C)(C)C)cc(C(F)(F)F)c4)nc(C)nc3cc2OC)CC1. The normalized spacial score (nSPS) is 18.0. The van der Waals surface area contributed by atoms with E-state index in [9.17, 15) is 22.8 Å². The third-order valence-corrected chi connectivity index (χ3v) is 7.64. The van der Waals surface area contributed by atoms with Gasteiger partial charge < -0.3 is 19.5 Å². The second-order valence-corrected chi connectivity index (χ2v) is 12.1. The molecule has 0 aliphatic heterocycles. The molecule has 1 amide bonds. The highest BCUT2D eigenvalue weighted by atomic mass is 19.4. The number of alkyl halides is 3. The van der Waals surface area contributed by atoms with Gasteiger partial charge in [0, 0.05) is 17.1 Å². The lowest BCUT2D eigenvalue weighted by molar-refractivity contribution is -0.146. The van der Waals surface area contributed by atoms with Crippen molar-refractivity contribution in [1.82, 2.24) is 9.97 Å². The minimum atomic E-state index is -4.64. The molecule has 12 heteroatoms. The molecular weight excluding hydrogens is 577 g/mol. The molecule has 3 aromatic rings. The summed E-state index contributed by atoms with van der Waals surface area (Å²) in [7, 11) is 2.99. The van der Waals surface area contributed by atoms with Gasteiger partial charge in [0.05, 0.1) is 37.3 Å². The first-order chi connectivity index (χ1) is 20.6. The van der Waals surface area contributed by atoms with Crippen LogP contribution in [0.1, 0.15) is 87.9 Å². The fraction of sp³-hybridized carbons (Fsp3) is 0.500. The maximum atomic E-state index is 13.9. The van der Waals surface area contributed by atoms with Gasteiger partial charge in [-0.2, -0.15) is 13.2 Å². The fourth-order valence-electron chi connectivity index (χ4n) is 5.55. The smallest absolute Gasteiger partial charge is 0.416 e. The zero-order valence-corrected chi connectivity index (χ0v) is 26.0. The molecule has 1 atom stereocenters. The summed E-state index contributed by atoms with van der Waals surface area (Å²) in [4.78, 5) is 33.6. The summed E-state index contributed by atoms with van der Waals surface area (Å²) < 4.78 is 57.5. The second kappa shape index (κ2) is 12.9. The van der Waals surface area contributed by atoms with Crippen LogP contribution in [0.3, 0.4) is 0 Å². The topological polar surface area (TPSA) is 112 Å². The molecular formula is C32H39F3N4O5. The van der Waals surface area contributed by atoms with Gasteiger partial charge in [-0.1, -0.05) is 0 Å². The van der Waals surface area contributed by atoms with Crippen molar-refractivity contribution in [3.63, 3.8) is 0 Å². The number of esters is 1. The Kier molecular flexibility index (Phi) is 9.60. The summed E-state index contributed by atoms with van der Waals surface area (Å²) >= 11 is 0. The summed E-state index contributed by atoms with van der Waals surface area (Å²) in [6.45, 7) is 8.45. The molecule has 0 saturated heterocycles. The Balaban J connectivity index is 1.68. The largest absolute Gasteiger partial charge is 0.496 e. The van der Waals surface area contributed by atoms with E-state index in [1.807, 2.05) is 12.1 Å². The Labute approximate surface area is 254 Å². The number of hydrogen-bond donors (Lipinski definition) is 2. The van der Waals surface area contributed by atoms with Crippen LogP contribution in [0, 0.1) is 12.8 Å². The number of methoxy groups -OCH3 is 2. The molecule has 0 unspecified atom stereocenters. The van der Waals surface area contributed by atoms with E-state index in [0.29, 0.717) is 41.1 Å². The maximum Gasteiger partial charge on any atom is 0.416 e. The minimum Gasteiger partial charge on any atom is -0.496 e.